The van der Waals surface area contributed by atoms with Crippen LogP contribution in [0, 0.1) is 12.7 Å². The summed E-state index contributed by atoms with van der Waals surface area (Å²) in [4.78, 5) is 13.0. The van der Waals surface area contributed by atoms with Crippen molar-refractivity contribution in [3.8, 4) is 0 Å². The summed E-state index contributed by atoms with van der Waals surface area (Å²) < 4.78 is 57.8. The van der Waals surface area contributed by atoms with Crippen molar-refractivity contribution in [2.45, 2.75) is 32.1 Å². The Balaban J connectivity index is 1.51. The molecular weight excluding hydrogens is 476 g/mol. The zero-order valence-electron chi connectivity index (χ0n) is 17.8. The number of aryl methyl sites for hydroxylation is 1. The molecule has 0 aliphatic carbocycles. The number of pyridine rings is 1. The Labute approximate surface area is 197 Å². The van der Waals surface area contributed by atoms with E-state index in [4.69, 9.17) is 16.1 Å². The first-order chi connectivity index (χ1) is 16.2. The monoisotopic (exact) mass is 494 g/mol. The molecule has 0 spiro atoms. The van der Waals surface area contributed by atoms with Crippen LogP contribution in [0.3, 0.4) is 0 Å². The molecule has 1 aliphatic heterocycles. The Bertz CT molecular complexity index is 1240. The minimum Gasteiger partial charge on any atom is -0.361 e. The molecule has 0 fully saturated rings. The maximum atomic E-state index is 13.6. The van der Waals surface area contributed by atoms with Crippen LogP contribution >= 0.6 is 11.6 Å². The molecule has 178 valence electrons. The molecule has 0 saturated heterocycles. The van der Waals surface area contributed by atoms with Crippen molar-refractivity contribution in [1.82, 2.24) is 15.5 Å². The van der Waals surface area contributed by atoms with Gasteiger partial charge in [0.25, 0.3) is 0 Å². The molecule has 0 saturated carbocycles. The fraction of sp³-hybridized carbons (Fsp3) is 0.273. The van der Waals surface area contributed by atoms with Crippen molar-refractivity contribution in [3.05, 3.63) is 76.1 Å². The largest absolute Gasteiger partial charge is 0.419 e. The maximum absolute atomic E-state index is 13.6. The fourth-order valence-electron chi connectivity index (χ4n) is 3.41. The van der Waals surface area contributed by atoms with Gasteiger partial charge in [0.2, 0.25) is 5.96 Å². The summed E-state index contributed by atoms with van der Waals surface area (Å²) in [7, 11) is 0. The molecular formula is C22H19ClF4N6O. The Morgan fingerprint density at radius 3 is 2.68 bits per heavy atom. The van der Waals surface area contributed by atoms with Gasteiger partial charge in [0.1, 0.15) is 16.7 Å². The number of aliphatic imine (C=N–C) groups is 2. The highest BCUT2D eigenvalue weighted by Gasteiger charge is 2.34. The number of rotatable bonds is 7. The van der Waals surface area contributed by atoms with Gasteiger partial charge in [-0.05, 0) is 50.2 Å². The number of alkyl halides is 3. The average molecular weight is 495 g/mol. The SMILES string of the molecule is Cc1cc(CNCCC2N=C(Nc3ccc(F)c(C(F)(F)F)c3)N=C2c2ccnc(Cl)c2)no1. The van der Waals surface area contributed by atoms with E-state index in [2.05, 4.69) is 30.8 Å². The zero-order chi connectivity index (χ0) is 24.3. The average Bonchev–Trinajstić information content (AvgIpc) is 3.37. The van der Waals surface area contributed by atoms with Crippen LogP contribution in [0.1, 0.15) is 29.0 Å². The summed E-state index contributed by atoms with van der Waals surface area (Å²) in [6.45, 7) is 2.86. The van der Waals surface area contributed by atoms with E-state index in [-0.39, 0.29) is 16.8 Å². The number of hydrogen-bond acceptors (Lipinski definition) is 7. The number of anilines is 1. The molecule has 34 heavy (non-hydrogen) atoms. The summed E-state index contributed by atoms with van der Waals surface area (Å²) in [6.07, 6.45) is -2.75. The number of nitrogens with one attached hydrogen (secondary N) is 2. The number of nitrogens with zero attached hydrogens (tertiary/aromatic N) is 4. The van der Waals surface area contributed by atoms with E-state index in [1.807, 2.05) is 6.07 Å². The molecule has 1 unspecified atom stereocenters. The van der Waals surface area contributed by atoms with Gasteiger partial charge in [0.15, 0.2) is 0 Å². The molecule has 0 amide bonds. The highest BCUT2D eigenvalue weighted by atomic mass is 35.5. The quantitative estimate of drug-likeness (QED) is 0.274. The number of hydrogen-bond donors (Lipinski definition) is 2. The molecule has 2 aromatic heterocycles. The lowest BCUT2D eigenvalue weighted by atomic mass is 10.0. The lowest BCUT2D eigenvalue weighted by molar-refractivity contribution is -0.139. The Hall–Kier alpha value is -3.31. The van der Waals surface area contributed by atoms with Gasteiger partial charge in [-0.2, -0.15) is 13.2 Å². The third-order valence-corrected chi connectivity index (χ3v) is 5.15. The van der Waals surface area contributed by atoms with Crippen LogP contribution in [-0.2, 0) is 12.7 Å². The number of halogens is 5. The molecule has 2 N–H and O–H groups in total. The molecule has 1 aromatic carbocycles. The maximum Gasteiger partial charge on any atom is 0.419 e. The van der Waals surface area contributed by atoms with Crippen LogP contribution in [0.5, 0.6) is 0 Å². The smallest absolute Gasteiger partial charge is 0.361 e. The first-order valence-corrected chi connectivity index (χ1v) is 10.6. The first kappa shape index (κ1) is 23.8. The Morgan fingerprint density at radius 1 is 1.15 bits per heavy atom. The second-order valence-electron chi connectivity index (χ2n) is 7.54. The molecule has 4 rings (SSSR count). The minimum absolute atomic E-state index is 0.0171. The molecule has 0 bridgehead atoms. The highest BCUT2D eigenvalue weighted by Crippen LogP contribution is 2.33. The van der Waals surface area contributed by atoms with Crippen molar-refractivity contribution >= 4 is 29.0 Å². The number of benzene rings is 1. The highest BCUT2D eigenvalue weighted by molar-refractivity contribution is 6.30. The molecule has 7 nitrogen and oxygen atoms in total. The summed E-state index contributed by atoms with van der Waals surface area (Å²) in [5.74, 6) is -0.528. The van der Waals surface area contributed by atoms with Crippen LogP contribution in [0.4, 0.5) is 23.2 Å². The van der Waals surface area contributed by atoms with Gasteiger partial charge in [0, 0.05) is 30.1 Å². The van der Waals surface area contributed by atoms with E-state index < -0.39 is 23.6 Å². The third kappa shape index (κ3) is 5.78. The van der Waals surface area contributed by atoms with Gasteiger partial charge in [-0.15, -0.1) is 0 Å². The van der Waals surface area contributed by atoms with Crippen molar-refractivity contribution in [1.29, 1.82) is 0 Å². The lowest BCUT2D eigenvalue weighted by Gasteiger charge is -2.11. The predicted octanol–water partition coefficient (Wildman–Crippen LogP) is 5.01. The third-order valence-electron chi connectivity index (χ3n) is 4.95. The van der Waals surface area contributed by atoms with Gasteiger partial charge in [-0.3, -0.25) is 0 Å². The van der Waals surface area contributed by atoms with E-state index in [0.717, 1.165) is 11.8 Å². The van der Waals surface area contributed by atoms with E-state index in [1.54, 1.807) is 19.1 Å². The number of guanidine groups is 1. The summed E-state index contributed by atoms with van der Waals surface area (Å²) in [6, 6.07) is 7.42. The van der Waals surface area contributed by atoms with Crippen molar-refractivity contribution in [2.75, 3.05) is 11.9 Å². The van der Waals surface area contributed by atoms with E-state index in [9.17, 15) is 17.6 Å². The second kappa shape index (κ2) is 9.90. The van der Waals surface area contributed by atoms with E-state index in [1.165, 1.54) is 12.3 Å². The van der Waals surface area contributed by atoms with E-state index >= 15 is 0 Å². The lowest BCUT2D eigenvalue weighted by Crippen LogP contribution is -2.24. The summed E-state index contributed by atoms with van der Waals surface area (Å²) >= 11 is 6.02. The molecule has 3 aromatic rings. The summed E-state index contributed by atoms with van der Waals surface area (Å²) in [5.41, 5.74) is 0.687. The fourth-order valence-corrected chi connectivity index (χ4v) is 3.59. The molecule has 1 aliphatic rings. The van der Waals surface area contributed by atoms with Gasteiger partial charge in [0.05, 0.1) is 23.0 Å². The second-order valence-corrected chi connectivity index (χ2v) is 7.93. The van der Waals surface area contributed by atoms with Crippen LogP contribution in [0.15, 0.2) is 57.1 Å². The first-order valence-electron chi connectivity index (χ1n) is 10.2. The van der Waals surface area contributed by atoms with Crippen molar-refractivity contribution in [3.63, 3.8) is 0 Å². The molecule has 12 heteroatoms. The Kier molecular flexibility index (Phi) is 6.94. The minimum atomic E-state index is -4.82. The zero-order valence-corrected chi connectivity index (χ0v) is 18.6. The van der Waals surface area contributed by atoms with Gasteiger partial charge in [-0.25, -0.2) is 19.4 Å². The predicted molar refractivity (Wildman–Crippen MR) is 120 cm³/mol. The number of aromatic nitrogens is 2. The molecule has 3 heterocycles. The summed E-state index contributed by atoms with van der Waals surface area (Å²) in [5, 5.41) is 10.2. The van der Waals surface area contributed by atoms with E-state index in [0.29, 0.717) is 42.6 Å². The van der Waals surface area contributed by atoms with Gasteiger partial charge >= 0.3 is 6.18 Å². The van der Waals surface area contributed by atoms with Gasteiger partial charge < -0.3 is 15.2 Å². The topological polar surface area (TPSA) is 87.7 Å². The van der Waals surface area contributed by atoms with Crippen molar-refractivity contribution in [2.24, 2.45) is 9.98 Å². The van der Waals surface area contributed by atoms with Crippen LogP contribution in [-0.4, -0.2) is 34.4 Å². The molecule has 0 radical (unpaired) electrons. The Morgan fingerprint density at radius 2 is 1.97 bits per heavy atom. The van der Waals surface area contributed by atoms with Crippen molar-refractivity contribution < 1.29 is 22.1 Å². The van der Waals surface area contributed by atoms with Crippen LogP contribution < -0.4 is 10.6 Å². The van der Waals surface area contributed by atoms with Crippen LogP contribution in [0.2, 0.25) is 5.15 Å². The van der Waals surface area contributed by atoms with Gasteiger partial charge in [-0.1, -0.05) is 16.8 Å². The molecule has 1 atom stereocenters. The van der Waals surface area contributed by atoms with Crippen LogP contribution in [0.25, 0.3) is 0 Å². The standard InChI is InChI=1S/C22H19ClF4N6O/c1-12-8-15(33-34-12)11-28-6-5-18-20(13-4-7-29-19(23)9-13)32-21(31-18)30-14-2-3-17(24)16(10-14)22(25,26)27/h2-4,7-10,18,28H,5-6,11H2,1H3,(H,30,31). The normalized spacial score (nSPS) is 15.9.